The molecule has 0 spiro atoms. The first kappa shape index (κ1) is 21.5. The largest absolute Gasteiger partial charge is 0.387 e. The van der Waals surface area contributed by atoms with Crippen LogP contribution in [0.15, 0.2) is 30.6 Å². The van der Waals surface area contributed by atoms with E-state index in [0.717, 1.165) is 54.9 Å². The summed E-state index contributed by atoms with van der Waals surface area (Å²) in [7, 11) is 1.94. The van der Waals surface area contributed by atoms with Gasteiger partial charge in [0, 0.05) is 37.8 Å². The van der Waals surface area contributed by atoms with Crippen molar-refractivity contribution in [1.29, 1.82) is 0 Å². The van der Waals surface area contributed by atoms with Crippen LogP contribution in [0.5, 0.6) is 0 Å². The lowest BCUT2D eigenvalue weighted by molar-refractivity contribution is -0.120. The van der Waals surface area contributed by atoms with Crippen LogP contribution >= 0.6 is 0 Å². The maximum Gasteiger partial charge on any atom is 0.241 e. The predicted molar refractivity (Wildman–Crippen MR) is 127 cm³/mol. The molecule has 0 aliphatic carbocycles. The van der Waals surface area contributed by atoms with E-state index in [9.17, 15) is 9.90 Å². The highest BCUT2D eigenvalue weighted by atomic mass is 16.3. The van der Waals surface area contributed by atoms with Gasteiger partial charge >= 0.3 is 0 Å². The molecule has 2 fully saturated rings. The Bertz CT molecular complexity index is 1160. The second kappa shape index (κ2) is 8.87. The third-order valence-corrected chi connectivity index (χ3v) is 6.11. The Kier molecular flexibility index (Phi) is 5.77. The second-order valence-corrected chi connectivity index (χ2v) is 8.68. The lowest BCUT2D eigenvalue weighted by atomic mass is 10.2. The molecule has 172 valence electrons. The molecule has 2 aliphatic rings. The van der Waals surface area contributed by atoms with Crippen LogP contribution in [0, 0.1) is 0 Å². The Morgan fingerprint density at radius 1 is 1.06 bits per heavy atom. The molecule has 2 saturated heterocycles. The van der Waals surface area contributed by atoms with Gasteiger partial charge in [-0.05, 0) is 45.0 Å². The molecular weight excluding hydrogens is 420 g/mol. The molecule has 10 heteroatoms. The fourth-order valence-electron chi connectivity index (χ4n) is 4.26. The Morgan fingerprint density at radius 2 is 1.88 bits per heavy atom. The number of nitrogens with one attached hydrogen (secondary N) is 1. The molecule has 10 nitrogen and oxygen atoms in total. The number of aromatic nitrogens is 4. The number of anilines is 4. The van der Waals surface area contributed by atoms with Crippen LogP contribution in [0.25, 0.3) is 10.9 Å². The van der Waals surface area contributed by atoms with Gasteiger partial charge in [-0.1, -0.05) is 0 Å². The maximum absolute atomic E-state index is 12.3. The van der Waals surface area contributed by atoms with Crippen LogP contribution in [-0.4, -0.2) is 75.6 Å². The minimum Gasteiger partial charge on any atom is -0.387 e. The summed E-state index contributed by atoms with van der Waals surface area (Å²) >= 11 is 0. The molecule has 3 aromatic rings. The van der Waals surface area contributed by atoms with E-state index >= 15 is 0 Å². The summed E-state index contributed by atoms with van der Waals surface area (Å²) in [6, 6.07) is 5.54. The van der Waals surface area contributed by atoms with E-state index in [1.54, 1.807) is 24.2 Å². The Balaban J connectivity index is 1.40. The van der Waals surface area contributed by atoms with E-state index in [1.807, 2.05) is 30.1 Å². The first-order chi connectivity index (χ1) is 16.0. The molecule has 1 amide bonds. The fourth-order valence-corrected chi connectivity index (χ4v) is 4.26. The van der Waals surface area contributed by atoms with Crippen molar-refractivity contribution in [3.05, 3.63) is 36.3 Å². The van der Waals surface area contributed by atoms with E-state index in [4.69, 9.17) is 9.97 Å². The van der Waals surface area contributed by atoms with E-state index in [0.29, 0.717) is 30.5 Å². The quantitative estimate of drug-likeness (QED) is 0.606. The molecule has 0 aromatic carbocycles. The maximum atomic E-state index is 12.3. The lowest BCUT2D eigenvalue weighted by Crippen LogP contribution is -2.48. The van der Waals surface area contributed by atoms with Gasteiger partial charge in [-0.15, -0.1) is 0 Å². The van der Waals surface area contributed by atoms with Gasteiger partial charge in [0.05, 0.1) is 30.2 Å². The van der Waals surface area contributed by atoms with Crippen molar-refractivity contribution in [3.8, 4) is 0 Å². The third kappa shape index (κ3) is 4.44. The van der Waals surface area contributed by atoms with E-state index in [1.165, 1.54) is 0 Å². The average Bonchev–Trinajstić information content (AvgIpc) is 3.34. The molecule has 0 bridgehead atoms. The summed E-state index contributed by atoms with van der Waals surface area (Å²) in [6.45, 7) is 5.45. The molecule has 0 saturated carbocycles. The number of amides is 1. The normalized spacial score (nSPS) is 18.2. The van der Waals surface area contributed by atoms with Crippen LogP contribution in [-0.2, 0) is 4.79 Å². The van der Waals surface area contributed by atoms with Gasteiger partial charge in [-0.25, -0.2) is 19.9 Å². The second-order valence-electron chi connectivity index (χ2n) is 8.68. The number of pyridine rings is 2. The number of rotatable bonds is 5. The number of piperazine rings is 1. The molecule has 3 aromatic heterocycles. The van der Waals surface area contributed by atoms with Crippen LogP contribution in [0.4, 0.5) is 23.3 Å². The van der Waals surface area contributed by atoms with Crippen molar-refractivity contribution in [2.24, 2.45) is 0 Å². The van der Waals surface area contributed by atoms with Crippen molar-refractivity contribution >= 4 is 40.1 Å². The van der Waals surface area contributed by atoms with Crippen LogP contribution < -0.4 is 15.1 Å². The molecule has 0 unspecified atom stereocenters. The van der Waals surface area contributed by atoms with Gasteiger partial charge in [-0.2, -0.15) is 0 Å². The number of hydrogen-bond acceptors (Lipinski definition) is 9. The standard InChI is InChI=1S/C23H28N8O2/c1-15(32)18-11-16-12-25-23(28-21(16)22(26-18)30-7-3-4-8-30)27-19-6-5-17(13-24-19)31-10-9-29(2)14-20(31)33/h5-6,11-13,15,32H,3-4,7-10,14H2,1-2H3,(H,24,25,27,28)/t15-/m1/s1. The summed E-state index contributed by atoms with van der Waals surface area (Å²) in [6.07, 6.45) is 5.01. The summed E-state index contributed by atoms with van der Waals surface area (Å²) in [4.78, 5) is 36.6. The van der Waals surface area contributed by atoms with Crippen molar-refractivity contribution in [2.45, 2.75) is 25.9 Å². The number of aliphatic hydroxyl groups excluding tert-OH is 1. The Hall–Kier alpha value is -3.37. The van der Waals surface area contributed by atoms with E-state index in [2.05, 4.69) is 20.2 Å². The van der Waals surface area contributed by atoms with Crippen molar-refractivity contribution in [2.75, 3.05) is 54.9 Å². The molecular formula is C23H28N8O2. The molecule has 5 rings (SSSR count). The summed E-state index contributed by atoms with van der Waals surface area (Å²) in [5, 5.41) is 14.1. The minimum absolute atomic E-state index is 0.0719. The molecule has 5 heterocycles. The number of carbonyl (C=O) groups excluding carboxylic acids is 1. The zero-order valence-electron chi connectivity index (χ0n) is 18.9. The molecule has 2 aliphatic heterocycles. The van der Waals surface area contributed by atoms with Crippen molar-refractivity contribution in [1.82, 2.24) is 24.8 Å². The third-order valence-electron chi connectivity index (χ3n) is 6.11. The summed E-state index contributed by atoms with van der Waals surface area (Å²) < 4.78 is 0. The molecule has 1 atom stereocenters. The lowest BCUT2D eigenvalue weighted by Gasteiger charge is -2.31. The van der Waals surface area contributed by atoms with Gasteiger partial charge < -0.3 is 20.2 Å². The van der Waals surface area contributed by atoms with Gasteiger partial charge in [0.2, 0.25) is 11.9 Å². The highest BCUT2D eigenvalue weighted by Crippen LogP contribution is 2.29. The number of carbonyl (C=O) groups is 1. The Labute approximate surface area is 192 Å². The van der Waals surface area contributed by atoms with Crippen molar-refractivity contribution in [3.63, 3.8) is 0 Å². The zero-order chi connectivity index (χ0) is 22.9. The van der Waals surface area contributed by atoms with Crippen molar-refractivity contribution < 1.29 is 9.90 Å². The van der Waals surface area contributed by atoms with Crippen LogP contribution in [0.2, 0.25) is 0 Å². The van der Waals surface area contributed by atoms with Gasteiger partial charge in [0.1, 0.15) is 11.3 Å². The summed E-state index contributed by atoms with van der Waals surface area (Å²) in [5.41, 5.74) is 2.15. The van der Waals surface area contributed by atoms with Crippen LogP contribution in [0.1, 0.15) is 31.6 Å². The predicted octanol–water partition coefficient (Wildman–Crippen LogP) is 2.10. The highest BCUT2D eigenvalue weighted by Gasteiger charge is 2.23. The zero-order valence-corrected chi connectivity index (χ0v) is 18.9. The van der Waals surface area contributed by atoms with E-state index < -0.39 is 6.10 Å². The monoisotopic (exact) mass is 448 g/mol. The Morgan fingerprint density at radius 3 is 2.58 bits per heavy atom. The number of aliphatic hydroxyl groups is 1. The van der Waals surface area contributed by atoms with Crippen LogP contribution in [0.3, 0.4) is 0 Å². The first-order valence-electron chi connectivity index (χ1n) is 11.3. The fraction of sp³-hybridized carbons (Fsp3) is 0.435. The molecule has 2 N–H and O–H groups in total. The minimum atomic E-state index is -0.663. The molecule has 33 heavy (non-hydrogen) atoms. The molecule has 0 radical (unpaired) electrons. The number of hydrogen-bond donors (Lipinski definition) is 2. The number of nitrogens with zero attached hydrogens (tertiary/aromatic N) is 7. The smallest absolute Gasteiger partial charge is 0.241 e. The van der Waals surface area contributed by atoms with Gasteiger partial charge in [0.15, 0.2) is 5.82 Å². The average molecular weight is 449 g/mol. The number of likely N-dealkylation sites (N-methyl/N-ethyl adjacent to an activating group) is 1. The SMILES string of the molecule is C[C@@H](O)c1cc2cnc(Nc3ccc(N4CCN(C)CC4=O)cn3)nc2c(N2CCCC2)n1. The number of fused-ring (bicyclic) bond motifs is 1. The van der Waals surface area contributed by atoms with Gasteiger partial charge in [0.25, 0.3) is 0 Å². The van der Waals surface area contributed by atoms with Gasteiger partial charge in [-0.3, -0.25) is 9.69 Å². The first-order valence-corrected chi connectivity index (χ1v) is 11.3. The van der Waals surface area contributed by atoms with E-state index in [-0.39, 0.29) is 5.91 Å². The topological polar surface area (TPSA) is 111 Å². The highest BCUT2D eigenvalue weighted by molar-refractivity contribution is 5.95. The summed E-state index contributed by atoms with van der Waals surface area (Å²) in [5.74, 6) is 1.87.